The third-order valence-electron chi connectivity index (χ3n) is 3.84. The zero-order chi connectivity index (χ0) is 15.4. The number of hydrogen-bond acceptors (Lipinski definition) is 3. The highest BCUT2D eigenvalue weighted by molar-refractivity contribution is 7.89. The first kappa shape index (κ1) is 17.9. The van der Waals surface area contributed by atoms with E-state index >= 15 is 0 Å². The fourth-order valence-electron chi connectivity index (χ4n) is 2.36. The van der Waals surface area contributed by atoms with E-state index in [-0.39, 0.29) is 5.54 Å². The molecule has 5 heteroatoms. The van der Waals surface area contributed by atoms with Crippen LogP contribution in [-0.2, 0) is 10.0 Å². The lowest BCUT2D eigenvalue weighted by atomic mass is 9.97. The average Bonchev–Trinajstić information content (AvgIpc) is 2.34. The minimum Gasteiger partial charge on any atom is -0.312 e. The SMILES string of the molecule is CC(C)CCS(=O)(=O)N1CCC(CNC(C)(C)C)CC1. The molecule has 0 spiro atoms. The molecule has 0 aromatic carbocycles. The second kappa shape index (κ2) is 7.23. The van der Waals surface area contributed by atoms with E-state index in [4.69, 9.17) is 0 Å². The maximum atomic E-state index is 12.2. The Balaban J connectivity index is 2.38. The maximum Gasteiger partial charge on any atom is 0.214 e. The van der Waals surface area contributed by atoms with E-state index in [1.54, 1.807) is 4.31 Å². The Morgan fingerprint density at radius 1 is 1.20 bits per heavy atom. The fourth-order valence-corrected chi connectivity index (χ4v) is 4.15. The lowest BCUT2D eigenvalue weighted by Crippen LogP contribution is -2.44. The van der Waals surface area contributed by atoms with Gasteiger partial charge in [0.15, 0.2) is 0 Å². The smallest absolute Gasteiger partial charge is 0.214 e. The van der Waals surface area contributed by atoms with Crippen molar-refractivity contribution in [2.24, 2.45) is 11.8 Å². The molecule has 0 atom stereocenters. The molecular weight excluding hydrogens is 272 g/mol. The molecule has 1 rings (SSSR count). The van der Waals surface area contributed by atoms with Crippen molar-refractivity contribution in [1.82, 2.24) is 9.62 Å². The summed E-state index contributed by atoms with van der Waals surface area (Å²) in [5, 5.41) is 3.52. The predicted molar refractivity (Wildman–Crippen MR) is 85.3 cm³/mol. The van der Waals surface area contributed by atoms with Crippen LogP contribution in [0, 0.1) is 11.8 Å². The van der Waals surface area contributed by atoms with Crippen LogP contribution in [0.3, 0.4) is 0 Å². The number of rotatable bonds is 6. The summed E-state index contributed by atoms with van der Waals surface area (Å²) in [6.07, 6.45) is 2.71. The van der Waals surface area contributed by atoms with Gasteiger partial charge in [-0.15, -0.1) is 0 Å². The monoisotopic (exact) mass is 304 g/mol. The van der Waals surface area contributed by atoms with Crippen molar-refractivity contribution in [2.75, 3.05) is 25.4 Å². The summed E-state index contributed by atoms with van der Waals surface area (Å²) < 4.78 is 26.1. The summed E-state index contributed by atoms with van der Waals surface area (Å²) in [6.45, 7) is 13.0. The second-order valence-corrected chi connectivity index (χ2v) is 9.56. The van der Waals surface area contributed by atoms with Crippen LogP contribution in [-0.4, -0.2) is 43.6 Å². The molecular formula is C15H32N2O2S. The molecule has 4 nitrogen and oxygen atoms in total. The van der Waals surface area contributed by atoms with Crippen molar-refractivity contribution in [3.8, 4) is 0 Å². The summed E-state index contributed by atoms with van der Waals surface area (Å²) in [5.74, 6) is 1.35. The van der Waals surface area contributed by atoms with Gasteiger partial charge < -0.3 is 5.32 Å². The first-order valence-electron chi connectivity index (χ1n) is 7.83. The van der Waals surface area contributed by atoms with Crippen molar-refractivity contribution < 1.29 is 8.42 Å². The van der Waals surface area contributed by atoms with Crippen molar-refractivity contribution >= 4 is 10.0 Å². The minimum atomic E-state index is -3.03. The largest absolute Gasteiger partial charge is 0.312 e. The Bertz CT molecular complexity index is 377. The molecule has 1 fully saturated rings. The van der Waals surface area contributed by atoms with Gasteiger partial charge in [-0.25, -0.2) is 12.7 Å². The quantitative estimate of drug-likeness (QED) is 0.820. The summed E-state index contributed by atoms with van der Waals surface area (Å²) in [4.78, 5) is 0. The summed E-state index contributed by atoms with van der Waals surface area (Å²) in [5.41, 5.74) is 0.139. The van der Waals surface area contributed by atoms with Gasteiger partial charge in [0.2, 0.25) is 10.0 Å². The van der Waals surface area contributed by atoms with Crippen molar-refractivity contribution in [3.63, 3.8) is 0 Å². The number of nitrogens with one attached hydrogen (secondary N) is 1. The summed E-state index contributed by atoms with van der Waals surface area (Å²) >= 11 is 0. The molecule has 0 aliphatic carbocycles. The minimum absolute atomic E-state index is 0.139. The van der Waals surface area contributed by atoms with Gasteiger partial charge in [-0.1, -0.05) is 13.8 Å². The van der Waals surface area contributed by atoms with Crippen molar-refractivity contribution in [1.29, 1.82) is 0 Å². The Hall–Kier alpha value is -0.130. The van der Waals surface area contributed by atoms with Crippen molar-refractivity contribution in [2.45, 2.75) is 59.4 Å². The van der Waals surface area contributed by atoms with E-state index in [0.29, 0.717) is 30.7 Å². The molecule has 0 unspecified atom stereocenters. The molecule has 120 valence electrons. The number of sulfonamides is 1. The second-order valence-electron chi connectivity index (χ2n) is 7.47. The third kappa shape index (κ3) is 6.55. The van der Waals surface area contributed by atoms with E-state index in [1.807, 2.05) is 0 Å². The zero-order valence-corrected chi connectivity index (χ0v) is 14.6. The van der Waals surface area contributed by atoms with Gasteiger partial charge in [0, 0.05) is 18.6 Å². The zero-order valence-electron chi connectivity index (χ0n) is 13.8. The van der Waals surface area contributed by atoms with Gasteiger partial charge in [0.25, 0.3) is 0 Å². The van der Waals surface area contributed by atoms with Crippen LogP contribution in [0.5, 0.6) is 0 Å². The number of piperidine rings is 1. The number of nitrogens with zero attached hydrogens (tertiary/aromatic N) is 1. The number of hydrogen-bond donors (Lipinski definition) is 1. The Kier molecular flexibility index (Phi) is 6.48. The van der Waals surface area contributed by atoms with E-state index in [2.05, 4.69) is 39.9 Å². The Morgan fingerprint density at radius 2 is 1.75 bits per heavy atom. The van der Waals surface area contributed by atoms with E-state index < -0.39 is 10.0 Å². The van der Waals surface area contributed by atoms with Crippen LogP contribution in [0.15, 0.2) is 0 Å². The van der Waals surface area contributed by atoms with Gasteiger partial charge >= 0.3 is 0 Å². The predicted octanol–water partition coefficient (Wildman–Crippen LogP) is 2.46. The van der Waals surface area contributed by atoms with Crippen LogP contribution in [0.1, 0.15) is 53.9 Å². The van der Waals surface area contributed by atoms with Crippen LogP contribution < -0.4 is 5.32 Å². The molecule has 0 saturated carbocycles. The van der Waals surface area contributed by atoms with Crippen LogP contribution in [0.4, 0.5) is 0 Å². The highest BCUT2D eigenvalue weighted by atomic mass is 32.2. The fraction of sp³-hybridized carbons (Fsp3) is 1.00. The van der Waals surface area contributed by atoms with E-state index in [9.17, 15) is 8.42 Å². The molecule has 20 heavy (non-hydrogen) atoms. The lowest BCUT2D eigenvalue weighted by Gasteiger charge is -2.33. The maximum absolute atomic E-state index is 12.2. The van der Waals surface area contributed by atoms with Crippen LogP contribution in [0.2, 0.25) is 0 Å². The third-order valence-corrected chi connectivity index (χ3v) is 5.74. The van der Waals surface area contributed by atoms with E-state index in [0.717, 1.165) is 25.8 Å². The highest BCUT2D eigenvalue weighted by Crippen LogP contribution is 2.21. The normalized spacial score (nSPS) is 19.7. The van der Waals surface area contributed by atoms with Gasteiger partial charge in [-0.2, -0.15) is 0 Å². The van der Waals surface area contributed by atoms with Gasteiger partial charge in [0.05, 0.1) is 5.75 Å². The van der Waals surface area contributed by atoms with Crippen LogP contribution in [0.25, 0.3) is 0 Å². The molecule has 1 aliphatic heterocycles. The molecule has 1 aliphatic rings. The summed E-state index contributed by atoms with van der Waals surface area (Å²) in [6, 6.07) is 0. The van der Waals surface area contributed by atoms with E-state index in [1.165, 1.54) is 0 Å². The molecule has 0 radical (unpaired) electrons. The first-order valence-corrected chi connectivity index (χ1v) is 9.44. The Labute approximate surface area is 125 Å². The van der Waals surface area contributed by atoms with Crippen LogP contribution >= 0.6 is 0 Å². The van der Waals surface area contributed by atoms with Gasteiger partial charge in [0.1, 0.15) is 0 Å². The average molecular weight is 305 g/mol. The molecule has 0 bridgehead atoms. The first-order chi connectivity index (χ1) is 9.10. The molecule has 1 N–H and O–H groups in total. The molecule has 1 saturated heterocycles. The van der Waals surface area contributed by atoms with Gasteiger partial charge in [-0.3, -0.25) is 0 Å². The molecule has 0 aromatic heterocycles. The van der Waals surface area contributed by atoms with Crippen molar-refractivity contribution in [3.05, 3.63) is 0 Å². The molecule has 0 amide bonds. The highest BCUT2D eigenvalue weighted by Gasteiger charge is 2.28. The molecule has 1 heterocycles. The molecule has 0 aromatic rings. The standard InChI is InChI=1S/C15H32N2O2S/c1-13(2)8-11-20(18,19)17-9-6-14(7-10-17)12-16-15(3,4)5/h13-14,16H,6-12H2,1-5H3. The van der Waals surface area contributed by atoms with Gasteiger partial charge in [-0.05, 0) is 58.4 Å². The summed E-state index contributed by atoms with van der Waals surface area (Å²) in [7, 11) is -3.03. The lowest BCUT2D eigenvalue weighted by molar-refractivity contribution is 0.251. The Morgan fingerprint density at radius 3 is 2.20 bits per heavy atom. The topological polar surface area (TPSA) is 49.4 Å².